The number of hydrogen-bond donors (Lipinski definition) is 0. The maximum Gasteiger partial charge on any atom is 0.416 e. The van der Waals surface area contributed by atoms with E-state index in [1.807, 2.05) is 37.3 Å². The Hall–Kier alpha value is -3.81. The summed E-state index contributed by atoms with van der Waals surface area (Å²) in [5.74, 6) is 0.0845. The molecule has 8 heteroatoms. The summed E-state index contributed by atoms with van der Waals surface area (Å²) in [6.45, 7) is 3.72. The molecule has 1 heterocycles. The van der Waals surface area contributed by atoms with Crippen molar-refractivity contribution in [2.45, 2.75) is 32.9 Å². The Kier molecular flexibility index (Phi) is 7.10. The summed E-state index contributed by atoms with van der Waals surface area (Å²) in [4.78, 5) is 11.6. The Balaban J connectivity index is 1.46. The summed E-state index contributed by atoms with van der Waals surface area (Å²) in [6.07, 6.45) is -3.06. The third-order valence-corrected chi connectivity index (χ3v) is 5.62. The molecule has 0 atom stereocenters. The standard InChI is InChI=1S/C27H24F3NO4/c1-3-33-26(32)16-34-24-15-25-22(13-17(24)2)23(31-35-25)12-7-18-5-4-6-20(14-18)19-8-10-21(11-9-19)27(28,29)30/h4-6,8-11,13-15H,3,7,12,16H2,1-2H3. The molecular formula is C27H24F3NO4. The highest BCUT2D eigenvalue weighted by Gasteiger charge is 2.30. The number of benzene rings is 3. The van der Waals surface area contributed by atoms with E-state index in [4.69, 9.17) is 14.0 Å². The van der Waals surface area contributed by atoms with Crippen LogP contribution in [-0.4, -0.2) is 24.3 Å². The molecule has 0 fully saturated rings. The first-order chi connectivity index (χ1) is 16.7. The minimum Gasteiger partial charge on any atom is -0.481 e. The van der Waals surface area contributed by atoms with Crippen molar-refractivity contribution >= 4 is 16.9 Å². The number of carbonyl (C=O) groups excluding carboxylic acids is 1. The zero-order chi connectivity index (χ0) is 25.0. The fraction of sp³-hybridized carbons (Fsp3) is 0.259. The van der Waals surface area contributed by atoms with E-state index < -0.39 is 17.7 Å². The van der Waals surface area contributed by atoms with Gasteiger partial charge in [0.25, 0.3) is 0 Å². The van der Waals surface area contributed by atoms with Gasteiger partial charge < -0.3 is 14.0 Å². The summed E-state index contributed by atoms with van der Waals surface area (Å²) in [5.41, 5.74) is 4.13. The van der Waals surface area contributed by atoms with E-state index in [9.17, 15) is 18.0 Å². The van der Waals surface area contributed by atoms with Crippen LogP contribution < -0.4 is 4.74 Å². The average Bonchev–Trinajstić information content (AvgIpc) is 3.22. The lowest BCUT2D eigenvalue weighted by Gasteiger charge is -2.09. The molecule has 182 valence electrons. The van der Waals surface area contributed by atoms with Crippen molar-refractivity contribution in [1.82, 2.24) is 5.16 Å². The van der Waals surface area contributed by atoms with Crippen molar-refractivity contribution < 1.29 is 32.0 Å². The maximum atomic E-state index is 12.8. The highest BCUT2D eigenvalue weighted by Crippen LogP contribution is 2.32. The number of aromatic nitrogens is 1. The number of hydrogen-bond acceptors (Lipinski definition) is 5. The van der Waals surface area contributed by atoms with Crippen LogP contribution in [0.15, 0.2) is 65.2 Å². The molecule has 35 heavy (non-hydrogen) atoms. The quantitative estimate of drug-likeness (QED) is 0.266. The van der Waals surface area contributed by atoms with Crippen LogP contribution in [0.1, 0.15) is 29.3 Å². The van der Waals surface area contributed by atoms with Crippen molar-refractivity contribution in [2.75, 3.05) is 13.2 Å². The molecule has 0 aliphatic heterocycles. The summed E-state index contributed by atoms with van der Waals surface area (Å²) >= 11 is 0. The van der Waals surface area contributed by atoms with Crippen LogP contribution >= 0.6 is 0 Å². The molecule has 0 aliphatic rings. The summed E-state index contributed by atoms with van der Waals surface area (Å²) in [7, 11) is 0. The molecule has 0 N–H and O–H groups in total. The van der Waals surface area contributed by atoms with Crippen LogP contribution in [0.5, 0.6) is 5.75 Å². The zero-order valence-corrected chi connectivity index (χ0v) is 19.3. The first-order valence-electron chi connectivity index (χ1n) is 11.2. The number of rotatable bonds is 8. The Bertz CT molecular complexity index is 1330. The molecule has 4 rings (SSSR count). The molecule has 0 saturated heterocycles. The van der Waals surface area contributed by atoms with Gasteiger partial charge in [-0.1, -0.05) is 41.6 Å². The number of aryl methyl sites for hydroxylation is 3. The predicted octanol–water partition coefficient (Wildman–Crippen LogP) is 6.55. The Labute approximate surface area is 200 Å². The van der Waals surface area contributed by atoms with Crippen molar-refractivity contribution in [1.29, 1.82) is 0 Å². The summed E-state index contributed by atoms with van der Waals surface area (Å²) in [5, 5.41) is 5.07. The largest absolute Gasteiger partial charge is 0.481 e. The fourth-order valence-corrected chi connectivity index (χ4v) is 3.82. The lowest BCUT2D eigenvalue weighted by atomic mass is 9.99. The van der Waals surface area contributed by atoms with Gasteiger partial charge >= 0.3 is 12.1 Å². The highest BCUT2D eigenvalue weighted by molar-refractivity contribution is 5.82. The number of carbonyl (C=O) groups is 1. The van der Waals surface area contributed by atoms with Crippen molar-refractivity contribution in [3.8, 4) is 16.9 Å². The van der Waals surface area contributed by atoms with E-state index in [2.05, 4.69) is 5.16 Å². The van der Waals surface area contributed by atoms with Gasteiger partial charge in [0.05, 0.1) is 17.9 Å². The molecule has 0 radical (unpaired) electrons. The van der Waals surface area contributed by atoms with Crippen molar-refractivity contribution in [2.24, 2.45) is 0 Å². The van der Waals surface area contributed by atoms with Gasteiger partial charge in [0.15, 0.2) is 12.2 Å². The molecule has 0 unspecified atom stereocenters. The predicted molar refractivity (Wildman–Crippen MR) is 125 cm³/mol. The molecule has 4 aromatic rings. The molecule has 3 aromatic carbocycles. The van der Waals surface area contributed by atoms with Gasteiger partial charge in [-0.3, -0.25) is 0 Å². The topological polar surface area (TPSA) is 61.6 Å². The van der Waals surface area contributed by atoms with Crippen LogP contribution in [0.3, 0.4) is 0 Å². The second kappa shape index (κ2) is 10.2. The second-order valence-corrected chi connectivity index (χ2v) is 8.11. The molecule has 5 nitrogen and oxygen atoms in total. The highest BCUT2D eigenvalue weighted by atomic mass is 19.4. The minimum atomic E-state index is -4.35. The summed E-state index contributed by atoms with van der Waals surface area (Å²) in [6, 6.07) is 16.5. The van der Waals surface area contributed by atoms with Crippen LogP contribution in [0.25, 0.3) is 22.1 Å². The number of alkyl halides is 3. The van der Waals surface area contributed by atoms with Gasteiger partial charge in [0.1, 0.15) is 5.75 Å². The normalized spacial score (nSPS) is 11.6. The SMILES string of the molecule is CCOC(=O)COc1cc2onc(CCc3cccc(-c4ccc(C(F)(F)F)cc4)c3)c2cc1C. The molecule has 0 saturated carbocycles. The zero-order valence-electron chi connectivity index (χ0n) is 19.3. The van der Waals surface area contributed by atoms with Gasteiger partial charge in [-0.2, -0.15) is 13.2 Å². The number of esters is 1. The van der Waals surface area contributed by atoms with Crippen LogP contribution in [0.4, 0.5) is 13.2 Å². The number of nitrogens with zero attached hydrogens (tertiary/aromatic N) is 1. The first-order valence-corrected chi connectivity index (χ1v) is 11.2. The average molecular weight is 483 g/mol. The number of fused-ring (bicyclic) bond motifs is 1. The van der Waals surface area contributed by atoms with Gasteiger partial charge in [-0.25, -0.2) is 4.79 Å². The van der Waals surface area contributed by atoms with E-state index >= 15 is 0 Å². The maximum absolute atomic E-state index is 12.8. The first kappa shape index (κ1) is 24.3. The Morgan fingerprint density at radius 3 is 2.49 bits per heavy atom. The van der Waals surface area contributed by atoms with Crippen LogP contribution in [-0.2, 0) is 28.5 Å². The van der Waals surface area contributed by atoms with E-state index in [1.165, 1.54) is 12.1 Å². The lowest BCUT2D eigenvalue weighted by molar-refractivity contribution is -0.145. The van der Waals surface area contributed by atoms with Gasteiger partial charge in [0, 0.05) is 11.5 Å². The molecule has 1 aromatic heterocycles. The van der Waals surface area contributed by atoms with E-state index in [1.54, 1.807) is 13.0 Å². The fourth-order valence-electron chi connectivity index (χ4n) is 3.82. The minimum absolute atomic E-state index is 0.184. The third kappa shape index (κ3) is 5.82. The molecule has 0 aliphatic carbocycles. The van der Waals surface area contributed by atoms with E-state index in [0.29, 0.717) is 30.8 Å². The monoisotopic (exact) mass is 483 g/mol. The van der Waals surface area contributed by atoms with E-state index in [-0.39, 0.29) is 6.61 Å². The lowest BCUT2D eigenvalue weighted by Crippen LogP contribution is -2.14. The molecule has 0 spiro atoms. The van der Waals surface area contributed by atoms with Crippen molar-refractivity contribution in [3.63, 3.8) is 0 Å². The smallest absolute Gasteiger partial charge is 0.416 e. The van der Waals surface area contributed by atoms with Crippen LogP contribution in [0.2, 0.25) is 0 Å². The van der Waals surface area contributed by atoms with Crippen molar-refractivity contribution in [3.05, 3.63) is 83.0 Å². The van der Waals surface area contributed by atoms with Gasteiger partial charge in [-0.05, 0) is 67.1 Å². The summed E-state index contributed by atoms with van der Waals surface area (Å²) < 4.78 is 54.4. The second-order valence-electron chi connectivity index (χ2n) is 8.11. The molecule has 0 bridgehead atoms. The number of halogens is 3. The Morgan fingerprint density at radius 1 is 1.00 bits per heavy atom. The Morgan fingerprint density at radius 2 is 1.77 bits per heavy atom. The van der Waals surface area contributed by atoms with Gasteiger partial charge in [0.2, 0.25) is 0 Å². The molecular weight excluding hydrogens is 459 g/mol. The van der Waals surface area contributed by atoms with Crippen LogP contribution in [0, 0.1) is 6.92 Å². The van der Waals surface area contributed by atoms with E-state index in [0.717, 1.165) is 45.5 Å². The van der Waals surface area contributed by atoms with Gasteiger partial charge in [-0.15, -0.1) is 0 Å². The molecule has 0 amide bonds. The third-order valence-electron chi connectivity index (χ3n) is 5.62. The number of ether oxygens (including phenoxy) is 2.